The van der Waals surface area contributed by atoms with Crippen LogP contribution in [0.15, 0.2) is 30.6 Å². The molecule has 1 aromatic heterocycles. The normalized spacial score (nSPS) is 17.4. The molecule has 1 aromatic carbocycles. The smallest absolute Gasteiger partial charge is 0.0661 e. The molecule has 1 fully saturated rings. The molecule has 1 aliphatic carbocycles. The van der Waals surface area contributed by atoms with Crippen molar-refractivity contribution in [2.75, 3.05) is 17.7 Å². The Bertz CT molecular complexity index is 573. The van der Waals surface area contributed by atoms with Crippen molar-refractivity contribution in [1.82, 2.24) is 4.98 Å². The number of rotatable bonds is 3. The molecule has 4 N–H and O–H groups in total. The van der Waals surface area contributed by atoms with Gasteiger partial charge in [-0.25, -0.2) is 0 Å². The quantitative estimate of drug-likeness (QED) is 0.722. The minimum absolute atomic E-state index is 0.147. The van der Waals surface area contributed by atoms with Gasteiger partial charge in [0.1, 0.15) is 0 Å². The topological polar surface area (TPSA) is 71.2 Å². The average molecular weight is 243 g/mol. The minimum Gasteiger partial charge on any atom is -0.398 e. The third-order valence-electron chi connectivity index (χ3n) is 3.86. The summed E-state index contributed by atoms with van der Waals surface area (Å²) in [7, 11) is 0. The first-order valence-corrected chi connectivity index (χ1v) is 6.25. The van der Waals surface area contributed by atoms with Crippen LogP contribution in [-0.2, 0) is 0 Å². The summed E-state index contributed by atoms with van der Waals surface area (Å²) in [5, 5.41) is 15.0. The average Bonchev–Trinajstić information content (AvgIpc) is 2.37. The predicted molar refractivity (Wildman–Crippen MR) is 73.4 cm³/mol. The number of hydrogen-bond donors (Lipinski definition) is 3. The Labute approximate surface area is 106 Å². The fourth-order valence-corrected chi connectivity index (χ4v) is 2.53. The molecule has 0 bridgehead atoms. The van der Waals surface area contributed by atoms with Crippen LogP contribution in [0, 0.1) is 0 Å². The number of aliphatic hydroxyl groups is 1. The molecule has 4 nitrogen and oxygen atoms in total. The van der Waals surface area contributed by atoms with Gasteiger partial charge in [0.25, 0.3) is 0 Å². The van der Waals surface area contributed by atoms with E-state index in [0.29, 0.717) is 0 Å². The van der Waals surface area contributed by atoms with E-state index in [1.807, 2.05) is 18.2 Å². The summed E-state index contributed by atoms with van der Waals surface area (Å²) in [6, 6.07) is 5.82. The van der Waals surface area contributed by atoms with E-state index in [-0.39, 0.29) is 12.1 Å². The molecule has 1 aliphatic rings. The third-order valence-corrected chi connectivity index (χ3v) is 3.86. The van der Waals surface area contributed by atoms with Gasteiger partial charge >= 0.3 is 0 Å². The van der Waals surface area contributed by atoms with Crippen molar-refractivity contribution >= 4 is 22.1 Å². The summed E-state index contributed by atoms with van der Waals surface area (Å²) in [5.41, 5.74) is 7.56. The first-order valence-electron chi connectivity index (χ1n) is 6.25. The van der Waals surface area contributed by atoms with Crippen molar-refractivity contribution in [2.45, 2.75) is 24.8 Å². The van der Waals surface area contributed by atoms with Crippen molar-refractivity contribution in [3.63, 3.8) is 0 Å². The molecule has 0 aliphatic heterocycles. The number of aromatic nitrogens is 1. The Hall–Kier alpha value is -1.81. The number of anilines is 2. The lowest BCUT2D eigenvalue weighted by atomic mass is 9.77. The van der Waals surface area contributed by atoms with Gasteiger partial charge in [-0.1, -0.05) is 0 Å². The molecule has 2 aromatic rings. The molecule has 1 heterocycles. The number of pyridine rings is 1. The van der Waals surface area contributed by atoms with Crippen LogP contribution in [0.4, 0.5) is 11.4 Å². The van der Waals surface area contributed by atoms with Crippen LogP contribution in [0.1, 0.15) is 19.3 Å². The van der Waals surface area contributed by atoms with Crippen LogP contribution in [0.5, 0.6) is 0 Å². The van der Waals surface area contributed by atoms with Gasteiger partial charge in [0.2, 0.25) is 0 Å². The zero-order valence-electron chi connectivity index (χ0n) is 10.2. The number of fused-ring (bicyclic) bond motifs is 1. The Morgan fingerprint density at radius 3 is 2.78 bits per heavy atom. The Morgan fingerprint density at radius 1 is 1.28 bits per heavy atom. The van der Waals surface area contributed by atoms with Crippen molar-refractivity contribution in [3.8, 4) is 0 Å². The molecule has 0 radical (unpaired) electrons. The maximum Gasteiger partial charge on any atom is 0.0661 e. The monoisotopic (exact) mass is 243 g/mol. The van der Waals surface area contributed by atoms with E-state index in [0.717, 1.165) is 35.0 Å². The summed E-state index contributed by atoms with van der Waals surface area (Å²) < 4.78 is 0. The standard InChI is InChI=1S/C14H17N3O/c15-12-2-3-13(10-4-7-16-8-11(10)12)17-14(9-18)5-1-6-14/h2-4,7-8,17-18H,1,5-6,9,15H2. The second kappa shape index (κ2) is 4.14. The number of nitrogens with two attached hydrogens (primary N) is 1. The number of hydrogen-bond acceptors (Lipinski definition) is 4. The van der Waals surface area contributed by atoms with Crippen LogP contribution in [0.2, 0.25) is 0 Å². The summed E-state index contributed by atoms with van der Waals surface area (Å²) >= 11 is 0. The Balaban J connectivity index is 2.04. The predicted octanol–water partition coefficient (Wildman–Crippen LogP) is 2.14. The SMILES string of the molecule is Nc1ccc(NC2(CO)CCC2)c2ccncc12. The van der Waals surface area contributed by atoms with Crippen molar-refractivity contribution in [1.29, 1.82) is 0 Å². The van der Waals surface area contributed by atoms with Crippen LogP contribution in [0.3, 0.4) is 0 Å². The van der Waals surface area contributed by atoms with E-state index in [1.54, 1.807) is 12.4 Å². The molecule has 0 saturated heterocycles. The largest absolute Gasteiger partial charge is 0.398 e. The molecule has 0 amide bonds. The van der Waals surface area contributed by atoms with Gasteiger partial charge in [-0.05, 0) is 37.5 Å². The highest BCUT2D eigenvalue weighted by atomic mass is 16.3. The van der Waals surface area contributed by atoms with Gasteiger partial charge in [-0.15, -0.1) is 0 Å². The highest BCUT2D eigenvalue weighted by molar-refractivity contribution is 6.00. The zero-order valence-corrected chi connectivity index (χ0v) is 10.2. The fraction of sp³-hybridized carbons (Fsp3) is 0.357. The molecular weight excluding hydrogens is 226 g/mol. The molecule has 94 valence electrons. The summed E-state index contributed by atoms with van der Waals surface area (Å²) in [6.45, 7) is 0.171. The number of nitrogens with one attached hydrogen (secondary N) is 1. The molecule has 18 heavy (non-hydrogen) atoms. The summed E-state index contributed by atoms with van der Waals surface area (Å²) in [5.74, 6) is 0. The molecule has 0 spiro atoms. The van der Waals surface area contributed by atoms with E-state index in [9.17, 15) is 5.11 Å². The lowest BCUT2D eigenvalue weighted by Crippen LogP contribution is -2.48. The maximum atomic E-state index is 9.52. The van der Waals surface area contributed by atoms with E-state index in [1.165, 1.54) is 6.42 Å². The van der Waals surface area contributed by atoms with E-state index < -0.39 is 0 Å². The van der Waals surface area contributed by atoms with Gasteiger partial charge in [-0.2, -0.15) is 0 Å². The van der Waals surface area contributed by atoms with Gasteiger partial charge in [0, 0.05) is 34.5 Å². The molecule has 0 unspecified atom stereocenters. The number of benzene rings is 1. The molecule has 0 atom stereocenters. The maximum absolute atomic E-state index is 9.52. The molecule has 3 rings (SSSR count). The molecule has 1 saturated carbocycles. The Morgan fingerprint density at radius 2 is 2.11 bits per heavy atom. The highest BCUT2D eigenvalue weighted by Crippen LogP contribution is 2.37. The summed E-state index contributed by atoms with van der Waals surface area (Å²) in [6.07, 6.45) is 6.74. The minimum atomic E-state index is -0.147. The molecular formula is C14H17N3O. The number of aliphatic hydroxyl groups excluding tert-OH is 1. The van der Waals surface area contributed by atoms with Crippen molar-refractivity contribution in [2.24, 2.45) is 0 Å². The first kappa shape index (κ1) is 11.3. The lowest BCUT2D eigenvalue weighted by molar-refractivity contribution is 0.144. The van der Waals surface area contributed by atoms with Crippen molar-refractivity contribution < 1.29 is 5.11 Å². The van der Waals surface area contributed by atoms with E-state index in [4.69, 9.17) is 5.73 Å². The number of nitrogens with zero attached hydrogens (tertiary/aromatic N) is 1. The summed E-state index contributed by atoms with van der Waals surface area (Å²) in [4.78, 5) is 4.11. The van der Waals surface area contributed by atoms with E-state index in [2.05, 4.69) is 10.3 Å². The van der Waals surface area contributed by atoms with Gasteiger partial charge < -0.3 is 16.2 Å². The highest BCUT2D eigenvalue weighted by Gasteiger charge is 2.36. The number of nitrogen functional groups attached to an aromatic ring is 1. The van der Waals surface area contributed by atoms with Crippen LogP contribution < -0.4 is 11.1 Å². The lowest BCUT2D eigenvalue weighted by Gasteiger charge is -2.42. The van der Waals surface area contributed by atoms with Crippen LogP contribution >= 0.6 is 0 Å². The molecule has 4 heteroatoms. The first-order chi connectivity index (χ1) is 8.74. The third kappa shape index (κ3) is 1.69. The van der Waals surface area contributed by atoms with Crippen LogP contribution in [0.25, 0.3) is 10.8 Å². The van der Waals surface area contributed by atoms with Gasteiger partial charge in [0.05, 0.1) is 12.1 Å². The second-order valence-electron chi connectivity index (χ2n) is 5.04. The van der Waals surface area contributed by atoms with Gasteiger partial charge in [-0.3, -0.25) is 4.98 Å². The zero-order chi connectivity index (χ0) is 12.6. The van der Waals surface area contributed by atoms with Gasteiger partial charge in [0.15, 0.2) is 0 Å². The Kier molecular flexibility index (Phi) is 2.59. The fourth-order valence-electron chi connectivity index (χ4n) is 2.53. The second-order valence-corrected chi connectivity index (χ2v) is 5.04. The van der Waals surface area contributed by atoms with Crippen LogP contribution in [-0.4, -0.2) is 22.2 Å². The van der Waals surface area contributed by atoms with E-state index >= 15 is 0 Å². The van der Waals surface area contributed by atoms with Crippen molar-refractivity contribution in [3.05, 3.63) is 30.6 Å².